The number of rotatable bonds is 9. The third-order valence-electron chi connectivity index (χ3n) is 9.26. The van der Waals surface area contributed by atoms with Crippen LogP contribution in [0.2, 0.25) is 5.02 Å². The number of hydrogen-bond acceptors (Lipinski definition) is 8. The number of carbonyl (C=O) groups is 1. The number of halogens is 2. The summed E-state index contributed by atoms with van der Waals surface area (Å²) in [5, 5.41) is 12.3. The Morgan fingerprint density at radius 3 is 2.67 bits per heavy atom. The molecular formula is C34H39ClFN7O2. The third-order valence-corrected chi connectivity index (χ3v) is 9.58. The molecule has 0 bridgehead atoms. The van der Waals surface area contributed by atoms with Crippen LogP contribution in [0.25, 0.3) is 10.8 Å². The number of benzene rings is 2. The molecule has 9 nitrogen and oxygen atoms in total. The van der Waals surface area contributed by atoms with Crippen LogP contribution in [-0.4, -0.2) is 84.6 Å². The third kappa shape index (κ3) is 6.29. The van der Waals surface area contributed by atoms with E-state index in [-0.39, 0.29) is 24.4 Å². The fourth-order valence-corrected chi connectivity index (χ4v) is 7.16. The number of hydrogen-bond donors (Lipinski definition) is 0. The number of anilines is 2. The Morgan fingerprint density at radius 2 is 1.98 bits per heavy atom. The molecule has 2 unspecified atom stereocenters. The van der Waals surface area contributed by atoms with Crippen molar-refractivity contribution in [3.05, 3.63) is 65.1 Å². The van der Waals surface area contributed by atoms with Crippen LogP contribution in [-0.2, 0) is 17.8 Å². The van der Waals surface area contributed by atoms with Gasteiger partial charge in [0.1, 0.15) is 5.82 Å². The van der Waals surface area contributed by atoms with Gasteiger partial charge in [-0.2, -0.15) is 15.2 Å². The number of amides is 1. The van der Waals surface area contributed by atoms with Crippen molar-refractivity contribution in [3.8, 4) is 12.1 Å². The summed E-state index contributed by atoms with van der Waals surface area (Å²) in [5.74, 6) is -1.03. The average molecular weight is 632 g/mol. The van der Waals surface area contributed by atoms with Crippen LogP contribution in [0.15, 0.2) is 48.8 Å². The molecule has 45 heavy (non-hydrogen) atoms. The Balaban J connectivity index is 1.37. The van der Waals surface area contributed by atoms with Crippen molar-refractivity contribution in [2.45, 2.75) is 51.2 Å². The highest BCUT2D eigenvalue weighted by Crippen LogP contribution is 2.46. The largest absolute Gasteiger partial charge is 0.463 e. The lowest BCUT2D eigenvalue weighted by atomic mass is 9.96. The van der Waals surface area contributed by atoms with Crippen molar-refractivity contribution in [2.24, 2.45) is 5.41 Å². The van der Waals surface area contributed by atoms with E-state index in [4.69, 9.17) is 26.3 Å². The predicted octanol–water partition coefficient (Wildman–Crippen LogP) is 5.37. The number of piperazine rings is 1. The summed E-state index contributed by atoms with van der Waals surface area (Å²) in [5.41, 5.74) is 3.05. The van der Waals surface area contributed by atoms with E-state index in [2.05, 4.69) is 72.6 Å². The van der Waals surface area contributed by atoms with Crippen molar-refractivity contribution in [2.75, 3.05) is 56.7 Å². The van der Waals surface area contributed by atoms with Gasteiger partial charge in [0.2, 0.25) is 0 Å². The molecule has 6 rings (SSSR count). The molecule has 2 aromatic carbocycles. The number of nitrogens with zero attached hydrogens (tertiary/aromatic N) is 7. The zero-order chi connectivity index (χ0) is 31.9. The maximum absolute atomic E-state index is 13.9. The number of fused-ring (bicyclic) bond motifs is 2. The lowest BCUT2D eigenvalue weighted by Crippen LogP contribution is -2.56. The molecule has 0 radical (unpaired) electrons. The minimum absolute atomic E-state index is 0.0746. The van der Waals surface area contributed by atoms with E-state index in [1.807, 2.05) is 12.1 Å². The fourth-order valence-electron chi connectivity index (χ4n) is 6.89. The van der Waals surface area contributed by atoms with E-state index >= 15 is 0 Å². The number of nitriles is 1. The maximum atomic E-state index is 13.9. The Hall–Kier alpha value is -3.94. The van der Waals surface area contributed by atoms with E-state index in [0.717, 1.165) is 52.9 Å². The Morgan fingerprint density at radius 1 is 1.22 bits per heavy atom. The van der Waals surface area contributed by atoms with E-state index in [0.29, 0.717) is 43.7 Å². The van der Waals surface area contributed by atoms with Gasteiger partial charge in [0, 0.05) is 54.3 Å². The van der Waals surface area contributed by atoms with Gasteiger partial charge in [-0.15, -0.1) is 0 Å². The number of ether oxygens (including phenoxy) is 1. The van der Waals surface area contributed by atoms with Gasteiger partial charge in [0.05, 0.1) is 42.4 Å². The van der Waals surface area contributed by atoms with E-state index in [1.165, 1.54) is 4.90 Å². The summed E-state index contributed by atoms with van der Waals surface area (Å²) in [6.45, 7) is 8.42. The van der Waals surface area contributed by atoms with Gasteiger partial charge >= 0.3 is 6.01 Å². The van der Waals surface area contributed by atoms with Crippen LogP contribution >= 0.6 is 11.6 Å². The molecule has 3 aromatic rings. The highest BCUT2D eigenvalue weighted by molar-refractivity contribution is 6.36. The van der Waals surface area contributed by atoms with Crippen LogP contribution < -0.4 is 14.5 Å². The average Bonchev–Trinajstić information content (AvgIpc) is 3.77. The number of carbonyl (C=O) groups excluding carboxylic acids is 1. The monoisotopic (exact) mass is 631 g/mol. The first-order valence-electron chi connectivity index (χ1n) is 15.5. The van der Waals surface area contributed by atoms with Crippen LogP contribution in [0, 0.1) is 16.7 Å². The normalized spacial score (nSPS) is 20.6. The zero-order valence-electron chi connectivity index (χ0n) is 26.1. The standard InChI is InChI=1S/C34H39ClFN7O2/c1-22-17-26-28(19-43(22)29-10-6-8-24-7-5-9-27(35)30(24)29)38-33(45-21-34(12-13-34)20-40(3)4)39-31(26)41-15-16-42(32(44)23(2)36)25(18-41)11-14-37/h5-10,22,25H,2,11-13,15-21H2,1,3-4H3. The van der Waals surface area contributed by atoms with Gasteiger partial charge < -0.3 is 24.3 Å². The zero-order valence-corrected chi connectivity index (χ0v) is 26.9. The van der Waals surface area contributed by atoms with Gasteiger partial charge in [-0.3, -0.25) is 4.79 Å². The van der Waals surface area contributed by atoms with Crippen LogP contribution in [0.4, 0.5) is 15.9 Å². The van der Waals surface area contributed by atoms with Gasteiger partial charge in [-0.25, -0.2) is 4.39 Å². The molecule has 1 aliphatic carbocycles. The molecule has 0 spiro atoms. The van der Waals surface area contributed by atoms with Crippen molar-refractivity contribution >= 4 is 39.8 Å². The Kier molecular flexibility index (Phi) is 8.59. The lowest BCUT2D eigenvalue weighted by molar-refractivity contribution is -0.131. The molecule has 3 aliphatic rings. The molecule has 3 heterocycles. The van der Waals surface area contributed by atoms with E-state index in [1.54, 1.807) is 0 Å². The van der Waals surface area contributed by atoms with Crippen molar-refractivity contribution in [3.63, 3.8) is 0 Å². The summed E-state index contributed by atoms with van der Waals surface area (Å²) in [7, 11) is 4.15. The molecule has 236 valence electrons. The summed E-state index contributed by atoms with van der Waals surface area (Å²) >= 11 is 6.74. The molecule has 1 saturated carbocycles. The summed E-state index contributed by atoms with van der Waals surface area (Å²) in [6, 6.07) is 14.3. The van der Waals surface area contributed by atoms with Crippen molar-refractivity contribution < 1.29 is 13.9 Å². The first-order valence-corrected chi connectivity index (χ1v) is 15.9. The quantitative estimate of drug-likeness (QED) is 0.291. The molecule has 1 amide bonds. The molecule has 1 saturated heterocycles. The second kappa shape index (κ2) is 12.5. The van der Waals surface area contributed by atoms with Crippen molar-refractivity contribution in [1.82, 2.24) is 19.8 Å². The molecular weight excluding hydrogens is 593 g/mol. The summed E-state index contributed by atoms with van der Waals surface area (Å²) in [6.07, 6.45) is 2.95. The molecule has 11 heteroatoms. The highest BCUT2D eigenvalue weighted by atomic mass is 35.5. The SMILES string of the molecule is C=C(F)C(=O)N1CCN(c2nc(OCC3(CN(C)C)CC3)nc3c2CC(C)N(c2cccc4cccc(Cl)c24)C3)CC1CC#N. The number of aromatic nitrogens is 2. The minimum Gasteiger partial charge on any atom is -0.463 e. The van der Waals surface area contributed by atoms with Gasteiger partial charge in [0.25, 0.3) is 5.91 Å². The molecule has 1 aromatic heterocycles. The van der Waals surface area contributed by atoms with E-state index < -0.39 is 17.8 Å². The topological polar surface area (TPSA) is 88.8 Å². The van der Waals surface area contributed by atoms with Gasteiger partial charge in [-0.05, 0) is 57.8 Å². The Labute approximate surface area is 268 Å². The second-order valence-electron chi connectivity index (χ2n) is 12.9. The Bertz CT molecular complexity index is 1660. The predicted molar refractivity (Wildman–Crippen MR) is 174 cm³/mol. The molecule has 0 N–H and O–H groups in total. The van der Waals surface area contributed by atoms with Crippen LogP contribution in [0.5, 0.6) is 6.01 Å². The molecule has 2 fully saturated rings. The first kappa shape index (κ1) is 31.1. The summed E-state index contributed by atoms with van der Waals surface area (Å²) < 4.78 is 20.2. The molecule has 2 atom stereocenters. The summed E-state index contributed by atoms with van der Waals surface area (Å²) in [4.78, 5) is 30.6. The maximum Gasteiger partial charge on any atom is 0.318 e. The van der Waals surface area contributed by atoms with Crippen LogP contribution in [0.1, 0.15) is 37.4 Å². The second-order valence-corrected chi connectivity index (χ2v) is 13.4. The molecule has 2 aliphatic heterocycles. The smallest absolute Gasteiger partial charge is 0.318 e. The van der Waals surface area contributed by atoms with Crippen molar-refractivity contribution in [1.29, 1.82) is 5.26 Å². The van der Waals surface area contributed by atoms with Crippen LogP contribution in [0.3, 0.4) is 0 Å². The highest BCUT2D eigenvalue weighted by Gasteiger charge is 2.44. The van der Waals surface area contributed by atoms with Gasteiger partial charge in [0.15, 0.2) is 5.83 Å². The van der Waals surface area contributed by atoms with Gasteiger partial charge in [-0.1, -0.05) is 42.4 Å². The van der Waals surface area contributed by atoms with E-state index in [9.17, 15) is 14.4 Å². The first-order chi connectivity index (χ1) is 21.6. The fraction of sp³-hybridized carbons (Fsp3) is 0.471. The lowest BCUT2D eigenvalue weighted by Gasteiger charge is -2.43. The minimum atomic E-state index is -1.02.